The molecule has 1 heterocycles. The van der Waals surface area contributed by atoms with E-state index in [4.69, 9.17) is 9.47 Å². The fourth-order valence-corrected chi connectivity index (χ4v) is 6.17. The maximum Gasteiger partial charge on any atom is 0.265 e. The van der Waals surface area contributed by atoms with Crippen LogP contribution < -0.4 is 19.1 Å². The number of hydrogen-bond donors (Lipinski definition) is 1. The number of nitrogens with zero attached hydrogens (tertiary/aromatic N) is 1. The number of methoxy groups -OCH3 is 2. The highest BCUT2D eigenvalue weighted by Gasteiger charge is 2.24. The largest absolute Gasteiger partial charge is 0.497 e. The third-order valence-electron chi connectivity index (χ3n) is 5.55. The second kappa shape index (κ2) is 9.97. The lowest BCUT2D eigenvalue weighted by atomic mass is 10.2. The van der Waals surface area contributed by atoms with Gasteiger partial charge in [0.25, 0.3) is 15.9 Å². The summed E-state index contributed by atoms with van der Waals surface area (Å²) in [6, 6.07) is 19.0. The molecule has 7 nitrogen and oxygen atoms in total. The lowest BCUT2D eigenvalue weighted by Gasteiger charge is -2.23. The first-order valence-electron chi connectivity index (χ1n) is 10.9. The number of amides is 1. The smallest absolute Gasteiger partial charge is 0.265 e. The fourth-order valence-electron chi connectivity index (χ4n) is 3.77. The Hall–Kier alpha value is -3.56. The van der Waals surface area contributed by atoms with Gasteiger partial charge in [-0.25, -0.2) is 8.42 Å². The standard InChI is InChI=1S/C26H26N2O5S2/c1-5-28(35(30,31)21-10-8-20(32-3)9-11-21)19-7-13-24-18(15-19)16-25(34-24)26(29)27-22-14-17(2)6-12-23(22)33-4/h6-16H,5H2,1-4H3,(H,27,29). The Morgan fingerprint density at radius 3 is 2.37 bits per heavy atom. The molecule has 182 valence electrons. The molecule has 1 N–H and O–H groups in total. The van der Waals surface area contributed by atoms with E-state index in [1.54, 1.807) is 44.4 Å². The van der Waals surface area contributed by atoms with Gasteiger partial charge >= 0.3 is 0 Å². The van der Waals surface area contributed by atoms with E-state index in [1.807, 2.05) is 31.2 Å². The lowest BCUT2D eigenvalue weighted by molar-refractivity contribution is 0.103. The Kier molecular flexibility index (Phi) is 7.00. The fraction of sp³-hybridized carbons (Fsp3) is 0.192. The average molecular weight is 511 g/mol. The molecule has 3 aromatic carbocycles. The summed E-state index contributed by atoms with van der Waals surface area (Å²) in [6.07, 6.45) is 0. The van der Waals surface area contributed by atoms with Crippen LogP contribution in [0.1, 0.15) is 22.2 Å². The molecule has 0 atom stereocenters. The Labute approximate surface area is 209 Å². The van der Waals surface area contributed by atoms with E-state index < -0.39 is 10.0 Å². The van der Waals surface area contributed by atoms with Crippen molar-refractivity contribution in [2.75, 3.05) is 30.4 Å². The number of aryl methyl sites for hydroxylation is 1. The summed E-state index contributed by atoms with van der Waals surface area (Å²) in [7, 11) is -0.684. The van der Waals surface area contributed by atoms with Gasteiger partial charge in [0.1, 0.15) is 11.5 Å². The maximum absolute atomic E-state index is 13.3. The van der Waals surface area contributed by atoms with Crippen molar-refractivity contribution in [2.24, 2.45) is 0 Å². The topological polar surface area (TPSA) is 84.9 Å². The Morgan fingerprint density at radius 2 is 1.71 bits per heavy atom. The number of benzene rings is 3. The Balaban J connectivity index is 1.63. The van der Waals surface area contributed by atoms with Crippen molar-refractivity contribution >= 4 is 48.7 Å². The number of sulfonamides is 1. The molecule has 0 spiro atoms. The maximum atomic E-state index is 13.3. The van der Waals surface area contributed by atoms with Gasteiger partial charge in [-0.15, -0.1) is 11.3 Å². The summed E-state index contributed by atoms with van der Waals surface area (Å²) >= 11 is 1.34. The van der Waals surface area contributed by atoms with Crippen LogP contribution in [0.3, 0.4) is 0 Å². The first kappa shape index (κ1) is 24.6. The molecule has 0 radical (unpaired) electrons. The zero-order valence-corrected chi connectivity index (χ0v) is 21.5. The third kappa shape index (κ3) is 4.96. The zero-order valence-electron chi connectivity index (χ0n) is 19.9. The van der Waals surface area contributed by atoms with Crippen molar-refractivity contribution < 1.29 is 22.7 Å². The van der Waals surface area contributed by atoms with E-state index in [1.165, 1.54) is 34.9 Å². The summed E-state index contributed by atoms with van der Waals surface area (Å²) in [5.74, 6) is 0.908. The van der Waals surface area contributed by atoms with Crippen LogP contribution in [0.4, 0.5) is 11.4 Å². The van der Waals surface area contributed by atoms with Crippen molar-refractivity contribution in [3.63, 3.8) is 0 Å². The molecule has 9 heteroatoms. The summed E-state index contributed by atoms with van der Waals surface area (Å²) < 4.78 is 39.3. The van der Waals surface area contributed by atoms with Crippen LogP contribution in [0.2, 0.25) is 0 Å². The van der Waals surface area contributed by atoms with Crippen molar-refractivity contribution in [1.82, 2.24) is 0 Å². The van der Waals surface area contributed by atoms with E-state index in [9.17, 15) is 13.2 Å². The molecule has 4 rings (SSSR count). The number of hydrogen-bond acceptors (Lipinski definition) is 6. The van der Waals surface area contributed by atoms with Crippen molar-refractivity contribution in [3.8, 4) is 11.5 Å². The summed E-state index contributed by atoms with van der Waals surface area (Å²) in [4.78, 5) is 13.7. The molecule has 0 fully saturated rings. The minimum Gasteiger partial charge on any atom is -0.497 e. The van der Waals surface area contributed by atoms with Crippen LogP contribution in [0.15, 0.2) is 71.6 Å². The number of thiophene rings is 1. The molecule has 0 bridgehead atoms. The van der Waals surface area contributed by atoms with E-state index in [2.05, 4.69) is 5.32 Å². The lowest BCUT2D eigenvalue weighted by Crippen LogP contribution is -2.30. The van der Waals surface area contributed by atoms with Crippen molar-refractivity contribution in [3.05, 3.63) is 77.2 Å². The van der Waals surface area contributed by atoms with Crippen LogP contribution in [0.25, 0.3) is 10.1 Å². The Bertz CT molecular complexity index is 1480. The SMILES string of the molecule is CCN(c1ccc2sc(C(=O)Nc3cc(C)ccc3OC)cc2c1)S(=O)(=O)c1ccc(OC)cc1. The highest BCUT2D eigenvalue weighted by atomic mass is 32.2. The average Bonchev–Trinajstić information content (AvgIpc) is 3.28. The number of anilines is 2. The number of nitrogens with one attached hydrogen (secondary N) is 1. The summed E-state index contributed by atoms with van der Waals surface area (Å²) in [5, 5.41) is 3.70. The predicted molar refractivity (Wildman–Crippen MR) is 141 cm³/mol. The van der Waals surface area contributed by atoms with Crippen LogP contribution >= 0.6 is 11.3 Å². The van der Waals surface area contributed by atoms with E-state index in [0.29, 0.717) is 27.8 Å². The minimum absolute atomic E-state index is 0.178. The predicted octanol–water partition coefficient (Wildman–Crippen LogP) is 5.69. The van der Waals surface area contributed by atoms with E-state index in [0.717, 1.165) is 15.6 Å². The molecule has 0 aliphatic carbocycles. The van der Waals surface area contributed by atoms with E-state index in [-0.39, 0.29) is 17.3 Å². The molecular weight excluding hydrogens is 484 g/mol. The number of ether oxygens (including phenoxy) is 2. The van der Waals surface area contributed by atoms with Gasteiger partial charge in [0.2, 0.25) is 0 Å². The van der Waals surface area contributed by atoms with Gasteiger partial charge in [-0.1, -0.05) is 6.07 Å². The van der Waals surface area contributed by atoms with E-state index >= 15 is 0 Å². The first-order valence-corrected chi connectivity index (χ1v) is 13.2. The first-order chi connectivity index (χ1) is 16.8. The number of carbonyl (C=O) groups is 1. The summed E-state index contributed by atoms with van der Waals surface area (Å²) in [6.45, 7) is 3.98. The second-order valence-electron chi connectivity index (χ2n) is 7.84. The van der Waals surface area contributed by atoms with Crippen LogP contribution in [0.5, 0.6) is 11.5 Å². The number of rotatable bonds is 8. The van der Waals surface area contributed by atoms with Gasteiger partial charge in [0, 0.05) is 11.2 Å². The molecule has 0 aliphatic rings. The highest BCUT2D eigenvalue weighted by molar-refractivity contribution is 7.92. The second-order valence-corrected chi connectivity index (χ2v) is 10.8. The minimum atomic E-state index is -3.77. The molecule has 0 unspecified atom stereocenters. The molecule has 1 amide bonds. The van der Waals surface area contributed by atoms with Gasteiger partial charge in [-0.2, -0.15) is 0 Å². The highest BCUT2D eigenvalue weighted by Crippen LogP contribution is 2.33. The van der Waals surface area contributed by atoms with Gasteiger partial charge in [0.15, 0.2) is 0 Å². The van der Waals surface area contributed by atoms with Gasteiger partial charge in [-0.3, -0.25) is 9.10 Å². The molecule has 0 aliphatic heterocycles. The molecule has 1 aromatic heterocycles. The van der Waals surface area contributed by atoms with Crippen molar-refractivity contribution in [2.45, 2.75) is 18.7 Å². The van der Waals surface area contributed by atoms with Gasteiger partial charge < -0.3 is 14.8 Å². The molecule has 0 saturated heterocycles. The van der Waals surface area contributed by atoms with Gasteiger partial charge in [-0.05, 0) is 85.5 Å². The third-order valence-corrected chi connectivity index (χ3v) is 8.58. The molecule has 35 heavy (non-hydrogen) atoms. The quantitative estimate of drug-likeness (QED) is 0.329. The van der Waals surface area contributed by atoms with Crippen LogP contribution in [0, 0.1) is 6.92 Å². The van der Waals surface area contributed by atoms with Gasteiger partial charge in [0.05, 0.1) is 35.4 Å². The van der Waals surface area contributed by atoms with Crippen LogP contribution in [-0.4, -0.2) is 35.1 Å². The monoisotopic (exact) mass is 510 g/mol. The Morgan fingerprint density at radius 1 is 0.971 bits per heavy atom. The molecule has 4 aromatic rings. The summed E-state index contributed by atoms with van der Waals surface area (Å²) in [5.41, 5.74) is 2.12. The number of fused-ring (bicyclic) bond motifs is 1. The van der Waals surface area contributed by atoms with Crippen molar-refractivity contribution in [1.29, 1.82) is 0 Å². The molecular formula is C26H26N2O5S2. The number of carbonyl (C=O) groups excluding carboxylic acids is 1. The molecule has 0 saturated carbocycles. The zero-order chi connectivity index (χ0) is 25.2. The van der Waals surface area contributed by atoms with Crippen LogP contribution in [-0.2, 0) is 10.0 Å². The normalized spacial score (nSPS) is 11.3.